The lowest BCUT2D eigenvalue weighted by molar-refractivity contribution is 1.65. The first-order chi connectivity index (χ1) is 9.56. The lowest BCUT2D eigenvalue weighted by Crippen LogP contribution is -1.75. The monoisotopic (exact) mass is 342 g/mol. The molecule has 0 aromatic heterocycles. The van der Waals surface area contributed by atoms with Gasteiger partial charge in [-0.3, -0.25) is 0 Å². The second-order valence-corrected chi connectivity index (χ2v) is 5.74. The van der Waals surface area contributed by atoms with Crippen molar-refractivity contribution in [2.75, 3.05) is 0 Å². The van der Waals surface area contributed by atoms with Crippen LogP contribution in [0.25, 0.3) is 12.2 Å². The predicted octanol–water partition coefficient (Wildman–Crippen LogP) is 7.03. The highest BCUT2D eigenvalue weighted by Crippen LogP contribution is 2.23. The van der Waals surface area contributed by atoms with Gasteiger partial charge in [0.05, 0.1) is 0 Å². The molecule has 0 unspecified atom stereocenters. The number of benzene rings is 2. The van der Waals surface area contributed by atoms with Crippen molar-refractivity contribution in [3.8, 4) is 0 Å². The third-order valence-electron chi connectivity index (χ3n) is 2.59. The summed E-state index contributed by atoms with van der Waals surface area (Å²) in [5.74, 6) is 0. The van der Waals surface area contributed by atoms with E-state index < -0.39 is 0 Å². The van der Waals surface area contributed by atoms with Gasteiger partial charge < -0.3 is 0 Å². The predicted molar refractivity (Wildman–Crippen MR) is 91.0 cm³/mol. The lowest BCUT2D eigenvalue weighted by atomic mass is 10.2. The average molecular weight is 344 g/mol. The van der Waals surface area contributed by atoms with Crippen LogP contribution < -0.4 is 0 Å². The molecule has 0 bridgehead atoms. The summed E-state index contributed by atoms with van der Waals surface area (Å²) in [5, 5.41) is 2.48. The first-order valence-corrected chi connectivity index (χ1v) is 7.32. The molecule has 4 heteroatoms. The Balaban J connectivity index is 2.11. The van der Waals surface area contributed by atoms with Crippen molar-refractivity contribution >= 4 is 58.6 Å². The van der Waals surface area contributed by atoms with Crippen molar-refractivity contribution in [1.82, 2.24) is 0 Å². The van der Waals surface area contributed by atoms with Gasteiger partial charge in [-0.25, -0.2) is 0 Å². The molecule has 102 valence electrons. The Labute approximate surface area is 138 Å². The summed E-state index contributed by atoms with van der Waals surface area (Å²) in [6, 6.07) is 10.7. The second-order valence-electron chi connectivity index (χ2n) is 4.05. The largest absolute Gasteiger partial charge is 0.0843 e. The molecular weight excluding hydrogens is 334 g/mol. The van der Waals surface area contributed by atoms with Crippen molar-refractivity contribution in [1.29, 1.82) is 0 Å². The number of hydrogen-bond donors (Lipinski definition) is 0. The van der Waals surface area contributed by atoms with E-state index in [4.69, 9.17) is 46.4 Å². The molecule has 20 heavy (non-hydrogen) atoms. The van der Waals surface area contributed by atoms with Crippen LogP contribution in [0.5, 0.6) is 0 Å². The Bertz CT molecular complexity index is 613. The van der Waals surface area contributed by atoms with E-state index in [1.807, 2.05) is 36.4 Å². The summed E-state index contributed by atoms with van der Waals surface area (Å²) in [7, 11) is 0. The molecule has 0 heterocycles. The molecule has 0 saturated heterocycles. The first-order valence-electron chi connectivity index (χ1n) is 5.81. The Morgan fingerprint density at radius 3 is 1.35 bits per heavy atom. The summed E-state index contributed by atoms with van der Waals surface area (Å²) in [6.07, 6.45) is 7.58. The molecule has 0 fully saturated rings. The van der Waals surface area contributed by atoms with Crippen molar-refractivity contribution in [3.05, 3.63) is 79.8 Å². The standard InChI is InChI=1S/C16H10Cl4/c17-13-7-5-11(15(19)9-13)3-1-2-4-12-6-8-14(18)10-16(12)20/h1-10H/b3-1+,4-2+. The van der Waals surface area contributed by atoms with Crippen LogP contribution in [0.4, 0.5) is 0 Å². The first kappa shape index (κ1) is 15.5. The number of halogens is 4. The molecule has 2 aromatic carbocycles. The minimum absolute atomic E-state index is 0.617. The van der Waals surface area contributed by atoms with Gasteiger partial charge in [0.15, 0.2) is 0 Å². The van der Waals surface area contributed by atoms with Crippen LogP contribution in [0.1, 0.15) is 11.1 Å². The topological polar surface area (TPSA) is 0 Å². The van der Waals surface area contributed by atoms with Crippen LogP contribution in [0.15, 0.2) is 48.6 Å². The van der Waals surface area contributed by atoms with Crippen molar-refractivity contribution in [2.45, 2.75) is 0 Å². The minimum atomic E-state index is 0.617. The highest BCUT2D eigenvalue weighted by atomic mass is 35.5. The highest BCUT2D eigenvalue weighted by molar-refractivity contribution is 6.36. The maximum Gasteiger partial charge on any atom is 0.0493 e. The number of rotatable bonds is 3. The molecule has 0 amide bonds. The van der Waals surface area contributed by atoms with Crippen molar-refractivity contribution < 1.29 is 0 Å². The molecule has 0 atom stereocenters. The molecule has 0 spiro atoms. The van der Waals surface area contributed by atoms with Gasteiger partial charge in [-0.15, -0.1) is 0 Å². The van der Waals surface area contributed by atoms with Gasteiger partial charge in [0, 0.05) is 20.1 Å². The Morgan fingerprint density at radius 1 is 0.600 bits per heavy atom. The average Bonchev–Trinajstić information content (AvgIpc) is 2.39. The molecule has 0 nitrogen and oxygen atoms in total. The minimum Gasteiger partial charge on any atom is -0.0843 e. The molecule has 0 aliphatic carbocycles. The zero-order valence-corrected chi connectivity index (χ0v) is 13.3. The van der Waals surface area contributed by atoms with Crippen LogP contribution in [0, 0.1) is 0 Å². The van der Waals surface area contributed by atoms with Gasteiger partial charge in [0.1, 0.15) is 0 Å². The Hall–Kier alpha value is -0.920. The van der Waals surface area contributed by atoms with Gasteiger partial charge in [0.2, 0.25) is 0 Å². The van der Waals surface area contributed by atoms with E-state index in [0.717, 1.165) is 11.1 Å². The highest BCUT2D eigenvalue weighted by Gasteiger charge is 1.97. The zero-order chi connectivity index (χ0) is 14.5. The lowest BCUT2D eigenvalue weighted by Gasteiger charge is -1.98. The molecule has 2 rings (SSSR count). The van der Waals surface area contributed by atoms with Crippen LogP contribution >= 0.6 is 46.4 Å². The van der Waals surface area contributed by atoms with Gasteiger partial charge in [-0.2, -0.15) is 0 Å². The van der Waals surface area contributed by atoms with E-state index in [2.05, 4.69) is 0 Å². The SMILES string of the molecule is Clc1ccc(/C=C/C=C/c2ccc(Cl)cc2Cl)c(Cl)c1. The summed E-state index contributed by atoms with van der Waals surface area (Å²) < 4.78 is 0. The fourth-order valence-electron chi connectivity index (χ4n) is 1.59. The van der Waals surface area contributed by atoms with Crippen molar-refractivity contribution in [3.63, 3.8) is 0 Å². The van der Waals surface area contributed by atoms with Gasteiger partial charge >= 0.3 is 0 Å². The summed E-state index contributed by atoms with van der Waals surface area (Å²) >= 11 is 23.8. The fourth-order valence-corrected chi connectivity index (χ4v) is 2.53. The van der Waals surface area contributed by atoms with Gasteiger partial charge in [-0.1, -0.05) is 82.8 Å². The third-order valence-corrected chi connectivity index (χ3v) is 3.71. The maximum absolute atomic E-state index is 6.07. The van der Waals surface area contributed by atoms with Crippen LogP contribution in [-0.2, 0) is 0 Å². The van der Waals surface area contributed by atoms with E-state index in [-0.39, 0.29) is 0 Å². The molecule has 0 radical (unpaired) electrons. The van der Waals surface area contributed by atoms with E-state index in [1.165, 1.54) is 0 Å². The maximum atomic E-state index is 6.07. The molecule has 0 N–H and O–H groups in total. The molecule has 0 saturated carbocycles. The summed E-state index contributed by atoms with van der Waals surface area (Å²) in [4.78, 5) is 0. The van der Waals surface area contributed by atoms with Crippen molar-refractivity contribution in [2.24, 2.45) is 0 Å². The number of hydrogen-bond acceptors (Lipinski definition) is 0. The number of allylic oxidation sites excluding steroid dienone is 2. The van der Waals surface area contributed by atoms with Crippen LogP contribution in [0.3, 0.4) is 0 Å². The van der Waals surface area contributed by atoms with Gasteiger partial charge in [0.25, 0.3) is 0 Å². The van der Waals surface area contributed by atoms with Crippen LogP contribution in [-0.4, -0.2) is 0 Å². The van der Waals surface area contributed by atoms with E-state index in [9.17, 15) is 0 Å². The van der Waals surface area contributed by atoms with E-state index in [0.29, 0.717) is 20.1 Å². The second kappa shape index (κ2) is 7.19. The summed E-state index contributed by atoms with van der Waals surface area (Å²) in [5.41, 5.74) is 1.81. The quantitative estimate of drug-likeness (QED) is 0.525. The molecule has 2 aromatic rings. The Morgan fingerprint density at radius 2 is 1.00 bits per heavy atom. The van der Waals surface area contributed by atoms with E-state index >= 15 is 0 Å². The van der Waals surface area contributed by atoms with Gasteiger partial charge in [-0.05, 0) is 35.4 Å². The fraction of sp³-hybridized carbons (Fsp3) is 0. The Kier molecular flexibility index (Phi) is 5.56. The zero-order valence-electron chi connectivity index (χ0n) is 10.3. The molecule has 0 aliphatic heterocycles. The van der Waals surface area contributed by atoms with E-state index in [1.54, 1.807) is 24.3 Å². The summed E-state index contributed by atoms with van der Waals surface area (Å²) in [6.45, 7) is 0. The normalized spacial score (nSPS) is 11.6. The van der Waals surface area contributed by atoms with Crippen LogP contribution in [0.2, 0.25) is 20.1 Å². The third kappa shape index (κ3) is 4.29. The smallest absolute Gasteiger partial charge is 0.0493 e. The molecule has 0 aliphatic rings. The molecular formula is C16H10Cl4.